The zero-order chi connectivity index (χ0) is 15.8. The number of hydrogen-bond acceptors (Lipinski definition) is 4. The Morgan fingerprint density at radius 3 is 2.25 bits per heavy atom. The number of alkyl carbamates (subject to hydrolysis) is 1. The molecule has 6 heteroatoms. The number of esters is 1. The van der Waals surface area contributed by atoms with Crippen LogP contribution in [0.25, 0.3) is 0 Å². The predicted molar refractivity (Wildman–Crippen MR) is 82.0 cm³/mol. The molecule has 0 radical (unpaired) electrons. The molecule has 0 saturated heterocycles. The fourth-order valence-electron chi connectivity index (χ4n) is 1.44. The number of methoxy groups -OCH3 is 1. The maximum atomic E-state index is 11.9. The fraction of sp³-hybridized carbons (Fsp3) is 0.714. The lowest BCUT2D eigenvalue weighted by Crippen LogP contribution is -2.53. The number of carbonyl (C=O) groups excluding carboxylic acids is 2. The second-order valence-electron chi connectivity index (χ2n) is 5.60. The second kappa shape index (κ2) is 8.29. The molecule has 0 heterocycles. The van der Waals surface area contributed by atoms with Crippen molar-refractivity contribution in [2.24, 2.45) is 0 Å². The summed E-state index contributed by atoms with van der Waals surface area (Å²) in [7, 11) is 1.29. The highest BCUT2D eigenvalue weighted by atomic mass is 79.9. The molecule has 0 fully saturated rings. The van der Waals surface area contributed by atoms with Gasteiger partial charge >= 0.3 is 12.1 Å². The van der Waals surface area contributed by atoms with Gasteiger partial charge in [-0.3, -0.25) is 0 Å². The van der Waals surface area contributed by atoms with Gasteiger partial charge in [-0.05, 0) is 40.5 Å². The average Bonchev–Trinajstić information content (AvgIpc) is 2.31. The van der Waals surface area contributed by atoms with E-state index < -0.39 is 23.2 Å². The summed E-state index contributed by atoms with van der Waals surface area (Å²) in [6, 6.07) is 0. The van der Waals surface area contributed by atoms with Crippen molar-refractivity contribution in [1.29, 1.82) is 0 Å². The summed E-state index contributed by atoms with van der Waals surface area (Å²) in [5.74, 6) is -0.508. The van der Waals surface area contributed by atoms with Crippen LogP contribution in [-0.4, -0.2) is 35.6 Å². The van der Waals surface area contributed by atoms with Gasteiger partial charge in [0, 0.05) is 5.33 Å². The van der Waals surface area contributed by atoms with Crippen molar-refractivity contribution >= 4 is 28.0 Å². The Morgan fingerprint density at radius 2 is 1.80 bits per heavy atom. The Labute approximate surface area is 129 Å². The van der Waals surface area contributed by atoms with Crippen molar-refractivity contribution in [3.63, 3.8) is 0 Å². The highest BCUT2D eigenvalue weighted by Gasteiger charge is 2.36. The Morgan fingerprint density at radius 1 is 1.20 bits per heavy atom. The summed E-state index contributed by atoms with van der Waals surface area (Å²) in [5, 5.41) is 3.42. The number of ether oxygens (including phenoxy) is 2. The third-order valence-corrected chi connectivity index (χ3v) is 2.84. The molecule has 0 saturated carbocycles. The minimum atomic E-state index is -1.14. The van der Waals surface area contributed by atoms with Crippen LogP contribution in [0.3, 0.4) is 0 Å². The first-order valence-corrected chi connectivity index (χ1v) is 7.57. The van der Waals surface area contributed by atoms with Gasteiger partial charge < -0.3 is 14.8 Å². The maximum absolute atomic E-state index is 11.9. The molecule has 20 heavy (non-hydrogen) atoms. The van der Waals surface area contributed by atoms with Crippen LogP contribution in [0.2, 0.25) is 0 Å². The summed E-state index contributed by atoms with van der Waals surface area (Å²) in [4.78, 5) is 23.7. The molecule has 1 N–H and O–H groups in total. The Hall–Kier alpha value is -1.04. The third kappa shape index (κ3) is 7.53. The SMILES string of the molecule is COC(=O)C(C)(CC=CCCBr)NC(=O)OC(C)(C)C. The average molecular weight is 350 g/mol. The van der Waals surface area contributed by atoms with Crippen LogP contribution in [0.15, 0.2) is 12.2 Å². The molecule has 116 valence electrons. The van der Waals surface area contributed by atoms with E-state index in [-0.39, 0.29) is 0 Å². The first-order chi connectivity index (χ1) is 9.14. The zero-order valence-electron chi connectivity index (χ0n) is 12.8. The molecule has 0 aliphatic heterocycles. The molecule has 0 aromatic rings. The van der Waals surface area contributed by atoms with Gasteiger partial charge in [-0.1, -0.05) is 28.1 Å². The number of halogens is 1. The molecule has 0 aliphatic carbocycles. The number of hydrogen-bond donors (Lipinski definition) is 1. The molecule has 0 aromatic carbocycles. The van der Waals surface area contributed by atoms with Gasteiger partial charge in [-0.15, -0.1) is 0 Å². The monoisotopic (exact) mass is 349 g/mol. The van der Waals surface area contributed by atoms with E-state index in [1.54, 1.807) is 27.7 Å². The standard InChI is InChI=1S/C14H24BrNO4/c1-13(2,3)20-12(18)16-14(4,11(17)19-5)9-7-6-8-10-15/h6-7H,8-10H2,1-5H3,(H,16,18). The first kappa shape index (κ1) is 19.0. The van der Waals surface area contributed by atoms with Gasteiger partial charge in [0.25, 0.3) is 0 Å². The van der Waals surface area contributed by atoms with Gasteiger partial charge in [0.05, 0.1) is 7.11 Å². The van der Waals surface area contributed by atoms with Gasteiger partial charge in [-0.2, -0.15) is 0 Å². The summed E-state index contributed by atoms with van der Waals surface area (Å²) in [5.41, 5.74) is -1.76. The molecule has 0 spiro atoms. The van der Waals surface area contributed by atoms with E-state index in [1.165, 1.54) is 7.11 Å². The van der Waals surface area contributed by atoms with Gasteiger partial charge in [0.2, 0.25) is 0 Å². The van der Waals surface area contributed by atoms with Crippen LogP contribution in [0.4, 0.5) is 4.79 Å². The lowest BCUT2D eigenvalue weighted by Gasteiger charge is -2.28. The van der Waals surface area contributed by atoms with Crippen LogP contribution < -0.4 is 5.32 Å². The van der Waals surface area contributed by atoms with Crippen LogP contribution in [0.5, 0.6) is 0 Å². The van der Waals surface area contributed by atoms with Crippen molar-refractivity contribution in [3.05, 3.63) is 12.2 Å². The summed E-state index contributed by atoms with van der Waals surface area (Å²) in [6.45, 7) is 6.90. The summed E-state index contributed by atoms with van der Waals surface area (Å²) < 4.78 is 9.92. The number of alkyl halides is 1. The van der Waals surface area contributed by atoms with E-state index in [0.29, 0.717) is 6.42 Å². The molecule has 0 aromatic heterocycles. The summed E-state index contributed by atoms with van der Waals surface area (Å²) >= 11 is 3.31. The number of carbonyl (C=O) groups is 2. The molecule has 0 rings (SSSR count). The quantitative estimate of drug-likeness (QED) is 0.454. The Balaban J connectivity index is 4.78. The van der Waals surface area contributed by atoms with Crippen molar-refractivity contribution < 1.29 is 19.1 Å². The van der Waals surface area contributed by atoms with E-state index in [9.17, 15) is 9.59 Å². The number of allylic oxidation sites excluding steroid dienone is 1. The molecule has 0 aliphatic rings. The van der Waals surface area contributed by atoms with E-state index in [1.807, 2.05) is 12.2 Å². The zero-order valence-corrected chi connectivity index (χ0v) is 14.4. The molecule has 5 nitrogen and oxygen atoms in total. The lowest BCUT2D eigenvalue weighted by molar-refractivity contribution is -0.147. The highest BCUT2D eigenvalue weighted by molar-refractivity contribution is 9.09. The van der Waals surface area contributed by atoms with E-state index >= 15 is 0 Å². The summed E-state index contributed by atoms with van der Waals surface area (Å²) in [6.07, 6.45) is 4.33. The number of amides is 1. The molecule has 1 atom stereocenters. The number of nitrogens with one attached hydrogen (secondary N) is 1. The molecule has 1 amide bonds. The van der Waals surface area contributed by atoms with E-state index in [4.69, 9.17) is 9.47 Å². The second-order valence-corrected chi connectivity index (χ2v) is 6.40. The van der Waals surface area contributed by atoms with Crippen LogP contribution in [0, 0.1) is 0 Å². The van der Waals surface area contributed by atoms with Gasteiger partial charge in [0.1, 0.15) is 11.1 Å². The van der Waals surface area contributed by atoms with E-state index in [2.05, 4.69) is 21.2 Å². The molecular formula is C14H24BrNO4. The minimum Gasteiger partial charge on any atom is -0.467 e. The van der Waals surface area contributed by atoms with Gasteiger partial charge in [-0.25, -0.2) is 9.59 Å². The predicted octanol–water partition coefficient (Wildman–Crippen LogP) is 3.17. The molecule has 0 bridgehead atoms. The third-order valence-electron chi connectivity index (χ3n) is 2.38. The lowest BCUT2D eigenvalue weighted by atomic mass is 9.97. The van der Waals surface area contributed by atoms with Crippen molar-refractivity contribution in [1.82, 2.24) is 5.32 Å². The Kier molecular flexibility index (Phi) is 7.86. The van der Waals surface area contributed by atoms with Crippen LogP contribution in [0.1, 0.15) is 40.5 Å². The molecule has 1 unspecified atom stereocenters. The van der Waals surface area contributed by atoms with Crippen molar-refractivity contribution in [2.75, 3.05) is 12.4 Å². The van der Waals surface area contributed by atoms with Gasteiger partial charge in [0.15, 0.2) is 0 Å². The smallest absolute Gasteiger partial charge is 0.408 e. The molecular weight excluding hydrogens is 326 g/mol. The van der Waals surface area contributed by atoms with Crippen LogP contribution >= 0.6 is 15.9 Å². The normalized spacial score (nSPS) is 14.7. The van der Waals surface area contributed by atoms with E-state index in [0.717, 1.165) is 11.8 Å². The highest BCUT2D eigenvalue weighted by Crippen LogP contribution is 2.15. The maximum Gasteiger partial charge on any atom is 0.408 e. The van der Waals surface area contributed by atoms with Crippen molar-refractivity contribution in [3.8, 4) is 0 Å². The Bertz CT molecular complexity index is 363. The van der Waals surface area contributed by atoms with Crippen molar-refractivity contribution in [2.45, 2.75) is 51.7 Å². The topological polar surface area (TPSA) is 64.6 Å². The first-order valence-electron chi connectivity index (χ1n) is 6.45. The van der Waals surface area contributed by atoms with Crippen LogP contribution in [-0.2, 0) is 14.3 Å². The number of rotatable bonds is 6. The largest absolute Gasteiger partial charge is 0.467 e. The minimum absolute atomic E-state index is 0.339. The fourth-order valence-corrected chi connectivity index (χ4v) is 1.70.